The topological polar surface area (TPSA) is 61.2 Å². The lowest BCUT2D eigenvalue weighted by Gasteiger charge is -2.02. The minimum atomic E-state index is -0.380. The lowest BCUT2D eigenvalue weighted by atomic mass is 10.1. The van der Waals surface area contributed by atoms with Crippen molar-refractivity contribution < 1.29 is 14.3 Å². The van der Waals surface area contributed by atoms with Gasteiger partial charge < -0.3 is 4.74 Å². The van der Waals surface area contributed by atoms with E-state index in [1.165, 1.54) is 7.11 Å². The average Bonchev–Trinajstić information content (AvgIpc) is 2.80. The molecule has 0 atom stereocenters. The molecule has 1 aromatic heterocycles. The molecule has 0 aliphatic heterocycles. The van der Waals surface area contributed by atoms with Crippen LogP contribution in [0.25, 0.3) is 10.9 Å². The zero-order valence-corrected chi connectivity index (χ0v) is 10.3. The molecule has 0 unspecified atom stereocenters. The lowest BCUT2D eigenvalue weighted by molar-refractivity contribution is -0.119. The van der Waals surface area contributed by atoms with Gasteiger partial charge in [-0.3, -0.25) is 9.48 Å². The summed E-state index contributed by atoms with van der Waals surface area (Å²) in [6.07, 6.45) is 2.13. The second-order valence-corrected chi connectivity index (χ2v) is 3.96. The maximum atomic E-state index is 11.4. The van der Waals surface area contributed by atoms with E-state index in [0.29, 0.717) is 12.0 Å². The van der Waals surface area contributed by atoms with Crippen molar-refractivity contribution in [3.05, 3.63) is 30.0 Å². The van der Waals surface area contributed by atoms with Crippen LogP contribution in [0.15, 0.2) is 24.4 Å². The van der Waals surface area contributed by atoms with Gasteiger partial charge >= 0.3 is 5.97 Å². The van der Waals surface area contributed by atoms with Gasteiger partial charge in [0.2, 0.25) is 0 Å². The zero-order chi connectivity index (χ0) is 13.1. The number of hydrogen-bond donors (Lipinski definition) is 0. The number of aromatic nitrogens is 2. The quantitative estimate of drug-likeness (QED) is 0.772. The molecule has 0 fully saturated rings. The number of ketones is 1. The summed E-state index contributed by atoms with van der Waals surface area (Å²) in [5, 5.41) is 4.97. The van der Waals surface area contributed by atoms with Crippen LogP contribution >= 0.6 is 0 Å². The third kappa shape index (κ3) is 2.25. The maximum Gasteiger partial charge on any atom is 0.337 e. The number of methoxy groups -OCH3 is 1. The molecule has 2 rings (SSSR count). The number of fused-ring (bicyclic) bond motifs is 1. The molecular formula is C13H14N2O3. The average molecular weight is 246 g/mol. The molecule has 0 amide bonds. The summed E-state index contributed by atoms with van der Waals surface area (Å²) in [5.41, 5.74) is 1.32. The third-order valence-electron chi connectivity index (χ3n) is 2.78. The molecule has 5 heteroatoms. The van der Waals surface area contributed by atoms with Gasteiger partial charge in [0, 0.05) is 11.8 Å². The van der Waals surface area contributed by atoms with Crippen molar-refractivity contribution in [1.82, 2.24) is 9.78 Å². The normalized spacial score (nSPS) is 10.6. The van der Waals surface area contributed by atoms with Gasteiger partial charge in [0.15, 0.2) is 5.78 Å². The van der Waals surface area contributed by atoms with Crippen molar-refractivity contribution in [2.24, 2.45) is 0 Å². The number of benzene rings is 1. The molecule has 94 valence electrons. The fourth-order valence-electron chi connectivity index (χ4n) is 1.74. The number of hydrogen-bond acceptors (Lipinski definition) is 4. The maximum absolute atomic E-state index is 11.4. The van der Waals surface area contributed by atoms with Gasteiger partial charge in [-0.1, -0.05) is 6.92 Å². The highest BCUT2D eigenvalue weighted by Crippen LogP contribution is 2.16. The summed E-state index contributed by atoms with van der Waals surface area (Å²) in [6.45, 7) is 2.08. The van der Waals surface area contributed by atoms with Crippen LogP contribution in [0.4, 0.5) is 0 Å². The van der Waals surface area contributed by atoms with Gasteiger partial charge in [-0.05, 0) is 18.2 Å². The molecule has 5 nitrogen and oxygen atoms in total. The first-order valence-corrected chi connectivity index (χ1v) is 5.71. The molecule has 0 aliphatic carbocycles. The second-order valence-electron chi connectivity index (χ2n) is 3.96. The summed E-state index contributed by atoms with van der Waals surface area (Å²) < 4.78 is 6.29. The second kappa shape index (κ2) is 5.00. The Morgan fingerprint density at radius 3 is 2.83 bits per heavy atom. The summed E-state index contributed by atoms with van der Waals surface area (Å²) in [5.74, 6) is -0.258. The molecule has 0 bridgehead atoms. The Morgan fingerprint density at radius 2 is 2.17 bits per heavy atom. The first kappa shape index (κ1) is 12.3. The standard InChI is InChI=1S/C13H14N2O3/c1-3-11(16)8-15-12-5-4-9(13(17)18-2)6-10(12)7-14-15/h4-7H,3,8H2,1-2H3. The lowest BCUT2D eigenvalue weighted by Crippen LogP contribution is -2.09. The van der Waals surface area contributed by atoms with E-state index in [2.05, 4.69) is 9.84 Å². The van der Waals surface area contributed by atoms with Crippen molar-refractivity contribution in [1.29, 1.82) is 0 Å². The fraction of sp³-hybridized carbons (Fsp3) is 0.308. The molecule has 0 aliphatic rings. The fourth-order valence-corrected chi connectivity index (χ4v) is 1.74. The van der Waals surface area contributed by atoms with Gasteiger partial charge in [-0.25, -0.2) is 4.79 Å². The van der Waals surface area contributed by atoms with Gasteiger partial charge in [0.25, 0.3) is 0 Å². The molecule has 1 aromatic carbocycles. The van der Waals surface area contributed by atoms with Crippen LogP contribution in [0.1, 0.15) is 23.7 Å². The Morgan fingerprint density at radius 1 is 1.39 bits per heavy atom. The van der Waals surface area contributed by atoms with Crippen molar-refractivity contribution in [3.8, 4) is 0 Å². The van der Waals surface area contributed by atoms with Crippen LogP contribution in [-0.4, -0.2) is 28.6 Å². The molecule has 0 saturated carbocycles. The minimum Gasteiger partial charge on any atom is -0.465 e. The summed E-state index contributed by atoms with van der Waals surface area (Å²) in [4.78, 5) is 22.8. The van der Waals surface area contributed by atoms with E-state index >= 15 is 0 Å². The van der Waals surface area contributed by atoms with Crippen LogP contribution in [0.2, 0.25) is 0 Å². The van der Waals surface area contributed by atoms with Crippen LogP contribution in [0, 0.1) is 0 Å². The molecule has 18 heavy (non-hydrogen) atoms. The summed E-state index contributed by atoms with van der Waals surface area (Å²) in [6, 6.07) is 5.15. The van der Waals surface area contributed by atoms with Gasteiger partial charge in [-0.15, -0.1) is 0 Å². The van der Waals surface area contributed by atoms with Crippen molar-refractivity contribution in [2.45, 2.75) is 19.9 Å². The highest BCUT2D eigenvalue weighted by Gasteiger charge is 2.10. The molecule has 2 aromatic rings. The highest BCUT2D eigenvalue weighted by atomic mass is 16.5. The van der Waals surface area contributed by atoms with Crippen LogP contribution in [0.3, 0.4) is 0 Å². The Labute approximate surface area is 104 Å². The van der Waals surface area contributed by atoms with E-state index in [1.54, 1.807) is 29.1 Å². The molecule has 0 N–H and O–H groups in total. The van der Waals surface area contributed by atoms with Gasteiger partial charge in [0.05, 0.1) is 24.4 Å². The molecular weight excluding hydrogens is 232 g/mol. The largest absolute Gasteiger partial charge is 0.465 e. The smallest absolute Gasteiger partial charge is 0.337 e. The molecule has 0 spiro atoms. The monoisotopic (exact) mass is 246 g/mol. The number of carbonyl (C=O) groups is 2. The Balaban J connectivity index is 2.37. The van der Waals surface area contributed by atoms with Gasteiger partial charge in [0.1, 0.15) is 6.54 Å². The number of esters is 1. The van der Waals surface area contributed by atoms with E-state index in [0.717, 1.165) is 10.9 Å². The molecule has 1 heterocycles. The van der Waals surface area contributed by atoms with E-state index < -0.39 is 0 Å². The Kier molecular flexibility index (Phi) is 3.41. The third-order valence-corrected chi connectivity index (χ3v) is 2.78. The zero-order valence-electron chi connectivity index (χ0n) is 10.3. The Hall–Kier alpha value is -2.17. The predicted octanol–water partition coefficient (Wildman–Crippen LogP) is 1.80. The first-order valence-electron chi connectivity index (χ1n) is 5.71. The van der Waals surface area contributed by atoms with Gasteiger partial charge in [-0.2, -0.15) is 5.10 Å². The molecule has 0 saturated heterocycles. The predicted molar refractivity (Wildman–Crippen MR) is 66.4 cm³/mol. The number of carbonyl (C=O) groups excluding carboxylic acids is 2. The van der Waals surface area contributed by atoms with E-state index in [9.17, 15) is 9.59 Å². The van der Waals surface area contributed by atoms with Crippen molar-refractivity contribution in [3.63, 3.8) is 0 Å². The number of nitrogens with zero attached hydrogens (tertiary/aromatic N) is 2. The summed E-state index contributed by atoms with van der Waals surface area (Å²) in [7, 11) is 1.34. The first-order chi connectivity index (χ1) is 8.65. The van der Waals surface area contributed by atoms with E-state index in [1.807, 2.05) is 6.92 Å². The van der Waals surface area contributed by atoms with E-state index in [4.69, 9.17) is 0 Å². The van der Waals surface area contributed by atoms with Crippen LogP contribution in [-0.2, 0) is 16.1 Å². The highest BCUT2D eigenvalue weighted by molar-refractivity contribution is 5.94. The Bertz CT molecular complexity index is 601. The number of Topliss-reactive ketones (excluding diaryl/α,β-unsaturated/α-hetero) is 1. The van der Waals surface area contributed by atoms with E-state index in [-0.39, 0.29) is 18.3 Å². The SMILES string of the molecule is CCC(=O)Cn1ncc2cc(C(=O)OC)ccc21. The molecule has 0 radical (unpaired) electrons. The van der Waals surface area contributed by atoms with Crippen molar-refractivity contribution >= 4 is 22.7 Å². The minimum absolute atomic E-state index is 0.122. The summed E-state index contributed by atoms with van der Waals surface area (Å²) >= 11 is 0. The van der Waals surface area contributed by atoms with Crippen molar-refractivity contribution in [2.75, 3.05) is 7.11 Å². The van der Waals surface area contributed by atoms with Crippen LogP contribution in [0.5, 0.6) is 0 Å². The number of ether oxygens (including phenoxy) is 1. The number of rotatable bonds is 4. The van der Waals surface area contributed by atoms with Crippen LogP contribution < -0.4 is 0 Å².